The highest BCUT2D eigenvalue weighted by Gasteiger charge is 2.27. The Morgan fingerprint density at radius 3 is 2.68 bits per heavy atom. The normalized spacial score (nSPS) is 12.9. The van der Waals surface area contributed by atoms with Gasteiger partial charge in [-0.1, -0.05) is 17.7 Å². The van der Waals surface area contributed by atoms with Crippen LogP contribution >= 0.6 is 11.3 Å². The van der Waals surface area contributed by atoms with Crippen molar-refractivity contribution in [3.8, 4) is 22.1 Å². The van der Waals surface area contributed by atoms with E-state index in [1.165, 1.54) is 32.8 Å². The first-order valence-electron chi connectivity index (χ1n) is 7.51. The Morgan fingerprint density at radius 2 is 1.91 bits per heavy atom. The smallest absolute Gasteiger partial charge is 0.190 e. The van der Waals surface area contributed by atoms with Gasteiger partial charge in [0.15, 0.2) is 5.06 Å². The number of nitrogens with zero attached hydrogens (tertiary/aromatic N) is 2. The van der Waals surface area contributed by atoms with E-state index in [9.17, 15) is 0 Å². The molecule has 0 saturated heterocycles. The van der Waals surface area contributed by atoms with Crippen molar-refractivity contribution in [1.82, 2.24) is 9.78 Å². The third kappa shape index (κ3) is 2.06. The number of thiophene rings is 1. The predicted molar refractivity (Wildman–Crippen MR) is 89.9 cm³/mol. The molecule has 0 radical (unpaired) electrons. The van der Waals surface area contributed by atoms with E-state index in [2.05, 4.69) is 31.1 Å². The highest BCUT2D eigenvalue weighted by atomic mass is 32.1. The van der Waals surface area contributed by atoms with Crippen LogP contribution in [-0.4, -0.2) is 9.78 Å². The molecule has 1 aromatic carbocycles. The summed E-state index contributed by atoms with van der Waals surface area (Å²) in [7, 11) is 2.01. The first kappa shape index (κ1) is 13.6. The SMILES string of the molecule is Cc1ccc(Oc2sc(C)c3c2-c2c(cnn2C)CC3)cc1. The molecule has 22 heavy (non-hydrogen) atoms. The molecule has 0 atom stereocenters. The zero-order valence-corrected chi connectivity index (χ0v) is 13.8. The third-order valence-electron chi connectivity index (χ3n) is 4.30. The number of hydrogen-bond acceptors (Lipinski definition) is 3. The second-order valence-corrected chi connectivity index (χ2v) is 7.04. The van der Waals surface area contributed by atoms with E-state index in [1.54, 1.807) is 11.3 Å². The molecule has 3 aromatic rings. The monoisotopic (exact) mass is 310 g/mol. The highest BCUT2D eigenvalue weighted by molar-refractivity contribution is 7.14. The Hall–Kier alpha value is -2.07. The van der Waals surface area contributed by atoms with Crippen molar-refractivity contribution in [2.45, 2.75) is 26.7 Å². The minimum Gasteiger partial charge on any atom is -0.446 e. The van der Waals surface area contributed by atoms with E-state index >= 15 is 0 Å². The summed E-state index contributed by atoms with van der Waals surface area (Å²) in [5.41, 5.74) is 6.44. The van der Waals surface area contributed by atoms with Gasteiger partial charge in [-0.05, 0) is 49.9 Å². The van der Waals surface area contributed by atoms with E-state index in [-0.39, 0.29) is 0 Å². The van der Waals surface area contributed by atoms with Gasteiger partial charge in [-0.2, -0.15) is 5.10 Å². The summed E-state index contributed by atoms with van der Waals surface area (Å²) in [6, 6.07) is 8.23. The van der Waals surface area contributed by atoms with Crippen molar-refractivity contribution in [3.05, 3.63) is 52.0 Å². The predicted octanol–water partition coefficient (Wildman–Crippen LogP) is 4.66. The van der Waals surface area contributed by atoms with Gasteiger partial charge < -0.3 is 4.74 Å². The van der Waals surface area contributed by atoms with Crippen LogP contribution in [-0.2, 0) is 19.9 Å². The van der Waals surface area contributed by atoms with Gasteiger partial charge in [-0.15, -0.1) is 11.3 Å². The molecule has 3 nitrogen and oxygen atoms in total. The van der Waals surface area contributed by atoms with Crippen molar-refractivity contribution in [2.24, 2.45) is 7.05 Å². The van der Waals surface area contributed by atoms with Crippen LogP contribution in [0.5, 0.6) is 10.8 Å². The number of rotatable bonds is 2. The maximum atomic E-state index is 6.21. The quantitative estimate of drug-likeness (QED) is 0.688. The number of aromatic nitrogens is 2. The zero-order chi connectivity index (χ0) is 15.3. The molecule has 0 bridgehead atoms. The summed E-state index contributed by atoms with van der Waals surface area (Å²) in [5, 5.41) is 5.42. The Morgan fingerprint density at radius 1 is 1.14 bits per heavy atom. The van der Waals surface area contributed by atoms with Crippen molar-refractivity contribution in [2.75, 3.05) is 0 Å². The number of aryl methyl sites for hydroxylation is 4. The van der Waals surface area contributed by atoms with Crippen molar-refractivity contribution >= 4 is 11.3 Å². The Labute approximate surface area is 134 Å². The average molecular weight is 310 g/mol. The van der Waals surface area contributed by atoms with E-state index in [1.807, 2.05) is 30.1 Å². The van der Waals surface area contributed by atoms with Crippen LogP contribution in [0.3, 0.4) is 0 Å². The molecule has 1 aliphatic carbocycles. The summed E-state index contributed by atoms with van der Waals surface area (Å²) >= 11 is 1.74. The van der Waals surface area contributed by atoms with E-state index < -0.39 is 0 Å². The van der Waals surface area contributed by atoms with E-state index in [0.29, 0.717) is 0 Å². The Balaban J connectivity index is 1.82. The first-order valence-corrected chi connectivity index (χ1v) is 8.33. The van der Waals surface area contributed by atoms with Crippen LogP contribution in [0, 0.1) is 13.8 Å². The molecule has 0 aliphatic heterocycles. The molecular formula is C18H18N2OS. The lowest BCUT2D eigenvalue weighted by Gasteiger charge is -2.16. The van der Waals surface area contributed by atoms with Crippen molar-refractivity contribution in [1.29, 1.82) is 0 Å². The summed E-state index contributed by atoms with van der Waals surface area (Å²) in [5.74, 6) is 0.893. The van der Waals surface area contributed by atoms with E-state index in [4.69, 9.17) is 4.74 Å². The Kier molecular flexibility index (Phi) is 3.08. The van der Waals surface area contributed by atoms with E-state index in [0.717, 1.165) is 23.7 Å². The van der Waals surface area contributed by atoms with Gasteiger partial charge in [-0.25, -0.2) is 0 Å². The van der Waals surface area contributed by atoms with Crippen LogP contribution in [0.1, 0.15) is 21.6 Å². The second-order valence-electron chi connectivity index (χ2n) is 5.86. The topological polar surface area (TPSA) is 27.1 Å². The van der Waals surface area contributed by atoms with Gasteiger partial charge in [0.1, 0.15) is 5.75 Å². The van der Waals surface area contributed by atoms with Crippen molar-refractivity contribution in [3.63, 3.8) is 0 Å². The highest BCUT2D eigenvalue weighted by Crippen LogP contribution is 2.48. The first-order chi connectivity index (χ1) is 10.6. The van der Waals surface area contributed by atoms with Gasteiger partial charge in [0, 0.05) is 11.9 Å². The fraction of sp³-hybridized carbons (Fsp3) is 0.278. The van der Waals surface area contributed by atoms with Crippen molar-refractivity contribution < 1.29 is 4.74 Å². The van der Waals surface area contributed by atoms with Gasteiger partial charge in [-0.3, -0.25) is 4.68 Å². The third-order valence-corrected chi connectivity index (χ3v) is 5.33. The lowest BCUT2D eigenvalue weighted by atomic mass is 9.92. The molecule has 0 fully saturated rings. The standard InChI is InChI=1S/C18H18N2OS/c1-11-4-7-14(8-5-11)21-18-16-15(12(2)22-18)9-6-13-10-19-20(3)17(13)16/h4-5,7-8,10H,6,9H2,1-3H3. The Bertz CT molecular complexity index is 843. The van der Waals surface area contributed by atoms with Crippen LogP contribution in [0.4, 0.5) is 0 Å². The number of benzene rings is 1. The van der Waals surface area contributed by atoms with Gasteiger partial charge in [0.25, 0.3) is 0 Å². The van der Waals surface area contributed by atoms with Crippen LogP contribution < -0.4 is 4.74 Å². The molecule has 2 aromatic heterocycles. The molecule has 0 N–H and O–H groups in total. The molecule has 1 aliphatic rings. The summed E-state index contributed by atoms with van der Waals surface area (Å²) < 4.78 is 8.18. The maximum absolute atomic E-state index is 6.21. The largest absolute Gasteiger partial charge is 0.446 e. The lowest BCUT2D eigenvalue weighted by Crippen LogP contribution is -2.05. The summed E-state index contributed by atoms with van der Waals surface area (Å²) in [6.45, 7) is 4.27. The molecule has 0 unspecified atom stereocenters. The number of ether oxygens (including phenoxy) is 1. The summed E-state index contributed by atoms with van der Waals surface area (Å²) in [4.78, 5) is 1.35. The van der Waals surface area contributed by atoms with Gasteiger partial charge in [0.05, 0.1) is 17.5 Å². The minimum atomic E-state index is 0.893. The van der Waals surface area contributed by atoms with Crippen LogP contribution in [0.2, 0.25) is 0 Å². The van der Waals surface area contributed by atoms with Crippen LogP contribution in [0.15, 0.2) is 30.5 Å². The van der Waals surface area contributed by atoms with Gasteiger partial charge in [0.2, 0.25) is 0 Å². The maximum Gasteiger partial charge on any atom is 0.190 e. The zero-order valence-electron chi connectivity index (χ0n) is 13.0. The molecule has 4 heteroatoms. The molecule has 112 valence electrons. The van der Waals surface area contributed by atoms with Gasteiger partial charge >= 0.3 is 0 Å². The number of fused-ring (bicyclic) bond motifs is 3. The molecular weight excluding hydrogens is 292 g/mol. The molecule has 2 heterocycles. The average Bonchev–Trinajstić information content (AvgIpc) is 3.03. The molecule has 0 saturated carbocycles. The lowest BCUT2D eigenvalue weighted by molar-refractivity contribution is 0.496. The fourth-order valence-electron chi connectivity index (χ4n) is 3.12. The minimum absolute atomic E-state index is 0.893. The molecule has 0 amide bonds. The second kappa shape index (κ2) is 4.99. The molecule has 0 spiro atoms. The van der Waals surface area contributed by atoms with Crippen LogP contribution in [0.25, 0.3) is 11.3 Å². The fourth-order valence-corrected chi connectivity index (χ4v) is 4.19. The molecule has 4 rings (SSSR count). The number of hydrogen-bond donors (Lipinski definition) is 0. The summed E-state index contributed by atoms with van der Waals surface area (Å²) in [6.07, 6.45) is 4.13.